The summed E-state index contributed by atoms with van der Waals surface area (Å²) in [7, 11) is 3.68. The highest BCUT2D eigenvalue weighted by atomic mass is 32.1. The third-order valence-electron chi connectivity index (χ3n) is 4.82. The number of amides is 1. The molecule has 0 saturated heterocycles. The van der Waals surface area contributed by atoms with Crippen molar-refractivity contribution in [3.05, 3.63) is 89.5 Å². The fraction of sp³-hybridized carbons (Fsp3) is 0.167. The van der Waals surface area contributed by atoms with E-state index in [1.807, 2.05) is 32.0 Å². The van der Waals surface area contributed by atoms with Gasteiger partial charge < -0.3 is 20.9 Å². The molecule has 0 bridgehead atoms. The minimum Gasteiger partial charge on any atom is -0.376 e. The third kappa shape index (κ3) is 5.79. The van der Waals surface area contributed by atoms with Gasteiger partial charge in [0.2, 0.25) is 0 Å². The van der Waals surface area contributed by atoms with Gasteiger partial charge in [0.25, 0.3) is 5.91 Å². The van der Waals surface area contributed by atoms with E-state index in [1.165, 1.54) is 30.3 Å². The molecular formula is C24H24F2N4OS. The summed E-state index contributed by atoms with van der Waals surface area (Å²) in [6, 6.07) is 17.2. The quantitative estimate of drug-likeness (QED) is 0.440. The van der Waals surface area contributed by atoms with Crippen LogP contribution in [-0.4, -0.2) is 25.1 Å². The van der Waals surface area contributed by atoms with Gasteiger partial charge in [-0.25, -0.2) is 8.78 Å². The van der Waals surface area contributed by atoms with Crippen LogP contribution < -0.4 is 20.9 Å². The van der Waals surface area contributed by atoms with Crippen molar-refractivity contribution in [3.63, 3.8) is 0 Å². The van der Waals surface area contributed by atoms with E-state index >= 15 is 0 Å². The first-order valence-corrected chi connectivity index (χ1v) is 10.4. The topological polar surface area (TPSA) is 56.4 Å². The molecule has 0 spiro atoms. The van der Waals surface area contributed by atoms with Gasteiger partial charge in [0.15, 0.2) is 5.11 Å². The maximum absolute atomic E-state index is 13.9. The van der Waals surface area contributed by atoms with Crippen LogP contribution in [0.25, 0.3) is 0 Å². The predicted molar refractivity (Wildman–Crippen MR) is 129 cm³/mol. The zero-order valence-corrected chi connectivity index (χ0v) is 18.8. The number of carbonyl (C=O) groups excluding carboxylic acids is 1. The van der Waals surface area contributed by atoms with Crippen molar-refractivity contribution >= 4 is 40.3 Å². The molecule has 3 aromatic rings. The van der Waals surface area contributed by atoms with Crippen LogP contribution in [0.4, 0.5) is 25.8 Å². The summed E-state index contributed by atoms with van der Waals surface area (Å²) in [6.07, 6.45) is 0. The van der Waals surface area contributed by atoms with Gasteiger partial charge in [0.05, 0.1) is 23.0 Å². The molecule has 3 aromatic carbocycles. The van der Waals surface area contributed by atoms with E-state index in [0.29, 0.717) is 22.2 Å². The number of hydrogen-bond donors (Lipinski definition) is 3. The molecule has 32 heavy (non-hydrogen) atoms. The number of nitrogens with zero attached hydrogens (tertiary/aromatic N) is 1. The molecule has 0 aromatic heterocycles. The Labute approximate surface area is 191 Å². The monoisotopic (exact) mass is 454 g/mol. The Balaban J connectivity index is 1.71. The van der Waals surface area contributed by atoms with Crippen molar-refractivity contribution in [1.29, 1.82) is 0 Å². The van der Waals surface area contributed by atoms with Gasteiger partial charge in [0.1, 0.15) is 11.6 Å². The normalized spacial score (nSPS) is 11.4. The zero-order chi connectivity index (χ0) is 23.3. The van der Waals surface area contributed by atoms with E-state index in [0.717, 1.165) is 5.56 Å². The van der Waals surface area contributed by atoms with Crippen LogP contribution in [0.1, 0.15) is 28.9 Å². The number of anilines is 3. The minimum absolute atomic E-state index is 0.0282. The van der Waals surface area contributed by atoms with Gasteiger partial charge in [-0.15, -0.1) is 0 Å². The van der Waals surface area contributed by atoms with E-state index in [1.54, 1.807) is 30.3 Å². The number of nitrogens with one attached hydrogen (secondary N) is 3. The van der Waals surface area contributed by atoms with Crippen LogP contribution in [0.15, 0.2) is 66.7 Å². The lowest BCUT2D eigenvalue weighted by Crippen LogP contribution is -2.31. The molecular weight excluding hydrogens is 430 g/mol. The maximum Gasteiger partial charge on any atom is 0.258 e. The summed E-state index contributed by atoms with van der Waals surface area (Å²) >= 11 is 5.41. The second-order valence-electron chi connectivity index (χ2n) is 7.43. The Bertz CT molecular complexity index is 1120. The van der Waals surface area contributed by atoms with Gasteiger partial charge in [-0.1, -0.05) is 24.3 Å². The number of carbonyl (C=O) groups is 1. The van der Waals surface area contributed by atoms with Crippen LogP contribution in [0.3, 0.4) is 0 Å². The molecule has 0 aliphatic heterocycles. The lowest BCUT2D eigenvalue weighted by Gasteiger charge is -2.21. The molecule has 1 amide bonds. The summed E-state index contributed by atoms with van der Waals surface area (Å²) in [5, 5.41) is 9.44. The molecule has 8 heteroatoms. The van der Waals surface area contributed by atoms with Gasteiger partial charge in [-0.3, -0.25) is 4.79 Å². The number of benzene rings is 3. The van der Waals surface area contributed by atoms with Gasteiger partial charge in [-0.05, 0) is 67.2 Å². The van der Waals surface area contributed by atoms with Crippen LogP contribution >= 0.6 is 12.2 Å². The molecule has 3 N–H and O–H groups in total. The van der Waals surface area contributed by atoms with Gasteiger partial charge in [0, 0.05) is 19.8 Å². The first-order chi connectivity index (χ1) is 15.2. The summed E-state index contributed by atoms with van der Waals surface area (Å²) in [5.41, 5.74) is 2.83. The van der Waals surface area contributed by atoms with E-state index in [9.17, 15) is 13.6 Å². The fourth-order valence-electron chi connectivity index (χ4n) is 3.12. The minimum atomic E-state index is -0.582. The molecule has 0 heterocycles. The SMILES string of the molecule is CC(NC(=S)Nc1ccc(NC(=O)c2ccccc2F)c(N(C)C)c1)c1ccc(F)cc1. The van der Waals surface area contributed by atoms with Crippen LogP contribution in [0, 0.1) is 11.6 Å². The fourth-order valence-corrected chi connectivity index (χ4v) is 3.41. The molecule has 1 atom stereocenters. The summed E-state index contributed by atoms with van der Waals surface area (Å²) in [5.74, 6) is -1.40. The Morgan fingerprint density at radius 2 is 1.66 bits per heavy atom. The molecule has 0 aliphatic carbocycles. The zero-order valence-electron chi connectivity index (χ0n) is 17.9. The number of hydrogen-bond acceptors (Lipinski definition) is 3. The standard InChI is InChI=1S/C24H24F2N4OS/c1-15(16-8-10-17(25)11-9-16)27-24(32)28-18-12-13-21(22(14-18)30(2)3)29-23(31)19-6-4-5-7-20(19)26/h4-15H,1-3H3,(H,29,31)(H2,27,28,32). The number of halogens is 2. The van der Waals surface area contributed by atoms with Crippen LogP contribution in [0.5, 0.6) is 0 Å². The molecule has 1 unspecified atom stereocenters. The number of thiocarbonyl (C=S) groups is 1. The highest BCUT2D eigenvalue weighted by Crippen LogP contribution is 2.29. The lowest BCUT2D eigenvalue weighted by molar-refractivity contribution is 0.102. The molecule has 5 nitrogen and oxygen atoms in total. The van der Waals surface area contributed by atoms with Gasteiger partial charge in [-0.2, -0.15) is 0 Å². The highest BCUT2D eigenvalue weighted by Gasteiger charge is 2.15. The smallest absolute Gasteiger partial charge is 0.258 e. The Hall–Kier alpha value is -3.52. The largest absolute Gasteiger partial charge is 0.376 e. The van der Waals surface area contributed by atoms with Crippen molar-refractivity contribution in [2.24, 2.45) is 0 Å². The Kier molecular flexibility index (Phi) is 7.37. The summed E-state index contributed by atoms with van der Waals surface area (Å²) < 4.78 is 27.1. The van der Waals surface area contributed by atoms with Crippen molar-refractivity contribution in [1.82, 2.24) is 5.32 Å². The second kappa shape index (κ2) is 10.2. The average Bonchev–Trinajstić information content (AvgIpc) is 2.75. The van der Waals surface area contributed by atoms with Crippen molar-refractivity contribution in [2.45, 2.75) is 13.0 Å². The highest BCUT2D eigenvalue weighted by molar-refractivity contribution is 7.80. The Morgan fingerprint density at radius 1 is 0.969 bits per heavy atom. The molecule has 0 fully saturated rings. The molecule has 0 saturated carbocycles. The molecule has 3 rings (SSSR count). The lowest BCUT2D eigenvalue weighted by atomic mass is 10.1. The van der Waals surface area contributed by atoms with E-state index in [4.69, 9.17) is 12.2 Å². The first kappa shape index (κ1) is 23.1. The second-order valence-corrected chi connectivity index (χ2v) is 7.84. The summed E-state index contributed by atoms with van der Waals surface area (Å²) in [6.45, 7) is 1.92. The van der Waals surface area contributed by atoms with Crippen LogP contribution in [0.2, 0.25) is 0 Å². The third-order valence-corrected chi connectivity index (χ3v) is 5.04. The Morgan fingerprint density at radius 3 is 2.31 bits per heavy atom. The van der Waals surface area contributed by atoms with E-state index in [-0.39, 0.29) is 17.4 Å². The maximum atomic E-state index is 13.9. The van der Waals surface area contributed by atoms with Crippen molar-refractivity contribution < 1.29 is 13.6 Å². The van der Waals surface area contributed by atoms with Crippen molar-refractivity contribution in [2.75, 3.05) is 29.6 Å². The number of rotatable bonds is 6. The molecule has 0 radical (unpaired) electrons. The van der Waals surface area contributed by atoms with Crippen molar-refractivity contribution in [3.8, 4) is 0 Å². The molecule has 166 valence electrons. The summed E-state index contributed by atoms with van der Waals surface area (Å²) in [4.78, 5) is 14.3. The van der Waals surface area contributed by atoms with E-state index < -0.39 is 11.7 Å². The van der Waals surface area contributed by atoms with E-state index in [2.05, 4.69) is 16.0 Å². The first-order valence-electron chi connectivity index (χ1n) is 9.95. The molecule has 0 aliphatic rings. The average molecular weight is 455 g/mol. The van der Waals surface area contributed by atoms with Crippen LogP contribution in [-0.2, 0) is 0 Å². The van der Waals surface area contributed by atoms with Gasteiger partial charge >= 0.3 is 0 Å². The predicted octanol–water partition coefficient (Wildman–Crippen LogP) is 5.33.